The highest BCUT2D eigenvalue weighted by atomic mass is 32.2. The Morgan fingerprint density at radius 2 is 1.68 bits per heavy atom. The van der Waals surface area contributed by atoms with Crippen LogP contribution < -0.4 is 20.5 Å². The number of hydrogen-bond donors (Lipinski definition) is 4. The molecule has 4 aromatic rings. The number of rotatable bonds is 7. The predicted octanol–water partition coefficient (Wildman–Crippen LogP) is 3.47. The van der Waals surface area contributed by atoms with Gasteiger partial charge in [0.05, 0.1) is 29.1 Å². The molecule has 0 bridgehead atoms. The summed E-state index contributed by atoms with van der Waals surface area (Å²) in [7, 11) is -2.39. The van der Waals surface area contributed by atoms with Gasteiger partial charge in [-0.2, -0.15) is 0 Å². The molecule has 10 heteroatoms. The van der Waals surface area contributed by atoms with Crippen molar-refractivity contribution in [1.82, 2.24) is 15.3 Å². The lowest BCUT2D eigenvalue weighted by atomic mass is 10.1. The largest absolute Gasteiger partial charge is 0.497 e. The minimum absolute atomic E-state index is 0.0296. The predicted molar refractivity (Wildman–Crippen MR) is 130 cm³/mol. The number of carbonyl (C=O) groups is 1. The molecule has 0 aliphatic carbocycles. The Bertz CT molecular complexity index is 1520. The molecule has 1 amide bonds. The van der Waals surface area contributed by atoms with Crippen LogP contribution in [0.25, 0.3) is 11.0 Å². The lowest BCUT2D eigenvalue weighted by molar-refractivity contribution is 0.0939. The second kappa shape index (κ2) is 9.06. The summed E-state index contributed by atoms with van der Waals surface area (Å²) in [4.78, 5) is 29.8. The lowest BCUT2D eigenvalue weighted by Gasteiger charge is -2.16. The zero-order valence-corrected chi connectivity index (χ0v) is 19.6. The van der Waals surface area contributed by atoms with E-state index in [9.17, 15) is 18.0 Å². The average Bonchev–Trinajstić information content (AvgIpc) is 3.18. The molecular formula is C24H24N4O5S. The van der Waals surface area contributed by atoms with Gasteiger partial charge >= 0.3 is 5.69 Å². The maximum Gasteiger partial charge on any atom is 0.323 e. The van der Waals surface area contributed by atoms with Crippen molar-refractivity contribution < 1.29 is 17.9 Å². The van der Waals surface area contributed by atoms with E-state index in [1.807, 2.05) is 13.0 Å². The molecule has 0 aliphatic heterocycles. The quantitative estimate of drug-likeness (QED) is 0.321. The van der Waals surface area contributed by atoms with Crippen molar-refractivity contribution in [2.75, 3.05) is 11.8 Å². The number of aromatic amines is 2. The van der Waals surface area contributed by atoms with Gasteiger partial charge in [-0.05, 0) is 73.5 Å². The summed E-state index contributed by atoms with van der Waals surface area (Å²) in [5, 5.41) is 2.90. The molecule has 9 nitrogen and oxygen atoms in total. The van der Waals surface area contributed by atoms with E-state index < -0.39 is 15.9 Å². The normalized spacial score (nSPS) is 12.3. The van der Waals surface area contributed by atoms with Crippen molar-refractivity contribution >= 4 is 32.7 Å². The van der Waals surface area contributed by atoms with E-state index >= 15 is 0 Å². The molecule has 34 heavy (non-hydrogen) atoms. The molecule has 0 spiro atoms. The lowest BCUT2D eigenvalue weighted by Crippen LogP contribution is -2.27. The number of anilines is 1. The second-order valence-electron chi connectivity index (χ2n) is 7.89. The van der Waals surface area contributed by atoms with Crippen molar-refractivity contribution in [1.29, 1.82) is 0 Å². The number of aryl methyl sites for hydroxylation is 1. The Hall–Kier alpha value is -4.05. The fourth-order valence-electron chi connectivity index (χ4n) is 3.56. The van der Waals surface area contributed by atoms with Crippen LogP contribution in [0.4, 0.5) is 5.69 Å². The van der Waals surface area contributed by atoms with Gasteiger partial charge in [-0.15, -0.1) is 0 Å². The molecule has 3 aromatic carbocycles. The summed E-state index contributed by atoms with van der Waals surface area (Å²) in [6.07, 6.45) is 0. The molecule has 0 aliphatic rings. The maximum atomic E-state index is 13.0. The summed E-state index contributed by atoms with van der Waals surface area (Å²) in [6, 6.07) is 15.9. The van der Waals surface area contributed by atoms with Crippen LogP contribution in [0.5, 0.6) is 5.75 Å². The van der Waals surface area contributed by atoms with E-state index in [-0.39, 0.29) is 22.2 Å². The highest BCUT2D eigenvalue weighted by Crippen LogP contribution is 2.23. The SMILES string of the molecule is COc1ccc(NS(=O)(=O)c2ccc(C)c(C(=O)NC(C)c3ccc4[nH]c(=O)[nH]c4c3)c2)cc1. The standard InChI is InChI=1S/C24H24N4O5S/c1-14-4-10-19(34(31,32)28-17-6-8-18(33-3)9-7-17)13-20(14)23(29)25-15(2)16-5-11-21-22(12-16)27-24(30)26-21/h4-13,15,28H,1-3H3,(H,25,29)(H2,26,27,30). The zero-order chi connectivity index (χ0) is 24.5. The fourth-order valence-corrected chi connectivity index (χ4v) is 4.65. The number of fused-ring (bicyclic) bond motifs is 1. The first-order valence-corrected chi connectivity index (χ1v) is 11.9. The van der Waals surface area contributed by atoms with E-state index in [0.29, 0.717) is 28.0 Å². The number of amides is 1. The number of carbonyl (C=O) groups excluding carboxylic acids is 1. The average molecular weight is 481 g/mol. The molecule has 176 valence electrons. The van der Waals surface area contributed by atoms with Gasteiger partial charge in [0.25, 0.3) is 15.9 Å². The molecule has 1 atom stereocenters. The number of imidazole rings is 1. The molecule has 1 unspecified atom stereocenters. The molecular weight excluding hydrogens is 456 g/mol. The molecule has 4 rings (SSSR count). The highest BCUT2D eigenvalue weighted by Gasteiger charge is 2.20. The fraction of sp³-hybridized carbons (Fsp3) is 0.167. The summed E-state index contributed by atoms with van der Waals surface area (Å²) in [6.45, 7) is 3.55. The van der Waals surface area contributed by atoms with Crippen LogP contribution in [-0.4, -0.2) is 31.4 Å². The van der Waals surface area contributed by atoms with Gasteiger partial charge in [-0.3, -0.25) is 9.52 Å². The summed E-state index contributed by atoms with van der Waals surface area (Å²) >= 11 is 0. The molecule has 0 saturated carbocycles. The molecule has 0 radical (unpaired) electrons. The van der Waals surface area contributed by atoms with Crippen LogP contribution in [0.1, 0.15) is 34.5 Å². The zero-order valence-electron chi connectivity index (χ0n) is 18.8. The van der Waals surface area contributed by atoms with Gasteiger partial charge < -0.3 is 20.0 Å². The Balaban J connectivity index is 1.55. The minimum Gasteiger partial charge on any atom is -0.497 e. The third-order valence-corrected chi connectivity index (χ3v) is 6.87. The summed E-state index contributed by atoms with van der Waals surface area (Å²) < 4.78 is 33.4. The van der Waals surface area contributed by atoms with Crippen LogP contribution in [0.15, 0.2) is 70.4 Å². The monoisotopic (exact) mass is 480 g/mol. The first-order chi connectivity index (χ1) is 16.2. The van der Waals surface area contributed by atoms with Gasteiger partial charge in [0.15, 0.2) is 0 Å². The first-order valence-electron chi connectivity index (χ1n) is 10.5. The number of nitrogens with one attached hydrogen (secondary N) is 4. The highest BCUT2D eigenvalue weighted by molar-refractivity contribution is 7.92. The summed E-state index contributed by atoms with van der Waals surface area (Å²) in [5.41, 5.74) is 3.06. The number of hydrogen-bond acceptors (Lipinski definition) is 5. The van der Waals surface area contributed by atoms with E-state index in [4.69, 9.17) is 4.74 Å². The van der Waals surface area contributed by atoms with Gasteiger partial charge in [0.2, 0.25) is 0 Å². The van der Waals surface area contributed by atoms with Gasteiger partial charge in [0, 0.05) is 11.3 Å². The molecule has 0 fully saturated rings. The minimum atomic E-state index is -3.92. The second-order valence-corrected chi connectivity index (χ2v) is 9.57. The van der Waals surface area contributed by atoms with Crippen molar-refractivity contribution in [3.05, 3.63) is 87.8 Å². The van der Waals surface area contributed by atoms with Gasteiger partial charge in [-0.25, -0.2) is 13.2 Å². The molecule has 0 saturated heterocycles. The number of methoxy groups -OCH3 is 1. The number of benzene rings is 3. The Morgan fingerprint density at radius 3 is 2.38 bits per heavy atom. The van der Waals surface area contributed by atoms with Crippen LogP contribution in [0, 0.1) is 6.92 Å². The number of ether oxygens (including phenoxy) is 1. The van der Waals surface area contributed by atoms with Crippen molar-refractivity contribution in [2.45, 2.75) is 24.8 Å². The van der Waals surface area contributed by atoms with Gasteiger partial charge in [-0.1, -0.05) is 12.1 Å². The number of aromatic nitrogens is 2. The van der Waals surface area contributed by atoms with Crippen LogP contribution in [-0.2, 0) is 10.0 Å². The summed E-state index contributed by atoms with van der Waals surface area (Å²) in [5.74, 6) is 0.197. The van der Waals surface area contributed by atoms with E-state index in [2.05, 4.69) is 20.0 Å². The molecule has 4 N–H and O–H groups in total. The van der Waals surface area contributed by atoms with Gasteiger partial charge in [0.1, 0.15) is 5.75 Å². The number of sulfonamides is 1. The van der Waals surface area contributed by atoms with E-state index in [1.165, 1.54) is 19.2 Å². The van der Waals surface area contributed by atoms with Crippen LogP contribution in [0.3, 0.4) is 0 Å². The Kier molecular flexibility index (Phi) is 6.16. The first kappa shape index (κ1) is 23.1. The third-order valence-electron chi connectivity index (χ3n) is 5.49. The van der Waals surface area contributed by atoms with E-state index in [0.717, 1.165) is 5.56 Å². The van der Waals surface area contributed by atoms with Crippen molar-refractivity contribution in [2.24, 2.45) is 0 Å². The Morgan fingerprint density at radius 1 is 0.971 bits per heavy atom. The smallest absolute Gasteiger partial charge is 0.323 e. The van der Waals surface area contributed by atoms with E-state index in [1.54, 1.807) is 49.4 Å². The topological polar surface area (TPSA) is 133 Å². The van der Waals surface area contributed by atoms with Crippen molar-refractivity contribution in [3.63, 3.8) is 0 Å². The number of H-pyrrole nitrogens is 2. The van der Waals surface area contributed by atoms with Crippen LogP contribution in [0.2, 0.25) is 0 Å². The Labute approximate surface area is 196 Å². The maximum absolute atomic E-state index is 13.0. The van der Waals surface area contributed by atoms with Crippen LogP contribution >= 0.6 is 0 Å². The molecule has 1 heterocycles. The third kappa shape index (κ3) is 4.81. The van der Waals surface area contributed by atoms with Crippen molar-refractivity contribution in [3.8, 4) is 5.75 Å². The molecule has 1 aromatic heterocycles.